The summed E-state index contributed by atoms with van der Waals surface area (Å²) in [7, 11) is 0. The van der Waals surface area contributed by atoms with Gasteiger partial charge in [0.1, 0.15) is 0 Å². The average molecular weight is 716 g/mol. The molecule has 7 aromatic rings. The molecule has 0 saturated carbocycles. The summed E-state index contributed by atoms with van der Waals surface area (Å²) in [5.74, 6) is 0. The van der Waals surface area contributed by atoms with E-state index in [2.05, 4.69) is 56.3 Å². The fraction of sp³-hybridized carbons (Fsp3) is 0. The maximum absolute atomic E-state index is 4.35. The molecule has 196 valence electrons. The van der Waals surface area contributed by atoms with Crippen LogP contribution in [-0.4, -0.2) is 19.9 Å². The number of hydrogen-bond acceptors (Lipinski definition) is 4. The zero-order valence-electron chi connectivity index (χ0n) is 21.4. The van der Waals surface area contributed by atoms with E-state index in [1.165, 1.54) is 0 Å². The Balaban J connectivity index is 0.000000162. The van der Waals surface area contributed by atoms with Crippen molar-refractivity contribution >= 4 is 21.8 Å². The van der Waals surface area contributed by atoms with Crippen LogP contribution in [0, 0.1) is 12.1 Å². The van der Waals surface area contributed by atoms with Crippen LogP contribution in [0.3, 0.4) is 0 Å². The van der Waals surface area contributed by atoms with Gasteiger partial charge >= 0.3 is 20.1 Å². The van der Waals surface area contributed by atoms with Crippen LogP contribution in [0.1, 0.15) is 0 Å². The topological polar surface area (TPSA) is 51.6 Å². The van der Waals surface area contributed by atoms with E-state index in [0.717, 1.165) is 44.3 Å². The van der Waals surface area contributed by atoms with E-state index in [4.69, 9.17) is 0 Å². The van der Waals surface area contributed by atoms with Crippen LogP contribution < -0.4 is 12.4 Å². The number of nitrogens with zero attached hydrogens (tertiary/aromatic N) is 4. The molecule has 0 saturated heterocycles. The van der Waals surface area contributed by atoms with Crippen molar-refractivity contribution in [3.8, 4) is 22.5 Å². The van der Waals surface area contributed by atoms with Gasteiger partial charge in [-0.1, -0.05) is 48.5 Å². The van der Waals surface area contributed by atoms with Crippen LogP contribution in [0.2, 0.25) is 0 Å². The third-order valence-corrected chi connectivity index (χ3v) is 5.64. The van der Waals surface area contributed by atoms with Crippen molar-refractivity contribution in [1.29, 1.82) is 0 Å². The van der Waals surface area contributed by atoms with Crippen molar-refractivity contribution in [1.82, 2.24) is 19.9 Å². The number of halogens is 1. The van der Waals surface area contributed by atoms with Gasteiger partial charge < -0.3 is 22.4 Å². The van der Waals surface area contributed by atoms with E-state index in [1.807, 2.05) is 97.1 Å². The minimum Gasteiger partial charge on any atom is -1.00 e. The summed E-state index contributed by atoms with van der Waals surface area (Å²) in [6.07, 6.45) is 7.18. The Morgan fingerprint density at radius 2 is 0.825 bits per heavy atom. The van der Waals surface area contributed by atoms with Crippen LogP contribution >= 0.6 is 0 Å². The molecule has 0 aliphatic rings. The molecule has 4 heterocycles. The number of fused-ring (bicyclic) bond motifs is 3. The van der Waals surface area contributed by atoms with Crippen molar-refractivity contribution in [3.63, 3.8) is 0 Å². The van der Waals surface area contributed by atoms with Crippen molar-refractivity contribution in [3.05, 3.63) is 158 Å². The monoisotopic (exact) mass is 716 g/mol. The molecule has 0 N–H and O–H groups in total. The number of benzene rings is 3. The SMILES string of the molecule is [Cl-].[Ir+3].[c-]1ccccc1-c1ccccn1.[c-]1ccccc1-c1ccccn1.c1cnc2c(c1)ccc1cccnc12. The standard InChI is InChI=1S/C12H8N2.2C11H8N.ClH.Ir/c1-3-9-5-6-10-4-2-8-14-12(10)11(9)13-7-1;2*1-2-6-10(7-3-1)11-8-4-5-9-12-11;;/h1-8H;2*1-6,8-9H;1H;/q;2*-1;;+3/p-1. The fourth-order valence-corrected chi connectivity index (χ4v) is 3.83. The number of rotatable bonds is 2. The fourth-order valence-electron chi connectivity index (χ4n) is 3.83. The molecule has 0 spiro atoms. The molecule has 3 aromatic carbocycles. The zero-order chi connectivity index (χ0) is 25.8. The Morgan fingerprint density at radius 3 is 1.20 bits per heavy atom. The number of pyridine rings is 4. The maximum atomic E-state index is 4.35. The molecule has 0 atom stereocenters. The molecule has 4 nitrogen and oxygen atoms in total. The Morgan fingerprint density at radius 1 is 0.400 bits per heavy atom. The second-order valence-corrected chi connectivity index (χ2v) is 8.20. The molecule has 0 radical (unpaired) electrons. The molecular weight excluding hydrogens is 692 g/mol. The number of aromatic nitrogens is 4. The second kappa shape index (κ2) is 16.0. The first-order valence-electron chi connectivity index (χ1n) is 12.2. The predicted octanol–water partition coefficient (Wildman–Crippen LogP) is 4.88. The number of hydrogen-bond donors (Lipinski definition) is 0. The van der Waals surface area contributed by atoms with Gasteiger partial charge in [-0.2, -0.15) is 0 Å². The quantitative estimate of drug-likeness (QED) is 0.189. The summed E-state index contributed by atoms with van der Waals surface area (Å²) in [5.41, 5.74) is 5.98. The Labute approximate surface area is 254 Å². The molecule has 0 amide bonds. The van der Waals surface area contributed by atoms with Gasteiger partial charge in [-0.25, -0.2) is 0 Å². The van der Waals surface area contributed by atoms with E-state index in [-0.39, 0.29) is 32.5 Å². The smallest absolute Gasteiger partial charge is 1.00 e. The van der Waals surface area contributed by atoms with Gasteiger partial charge in [0.2, 0.25) is 0 Å². The molecular formula is C34H24ClIrN4. The van der Waals surface area contributed by atoms with E-state index in [0.29, 0.717) is 0 Å². The Hall–Kier alpha value is -4.28. The molecule has 0 unspecified atom stereocenters. The van der Waals surface area contributed by atoms with E-state index in [9.17, 15) is 0 Å². The molecule has 40 heavy (non-hydrogen) atoms. The predicted molar refractivity (Wildman–Crippen MR) is 154 cm³/mol. The van der Waals surface area contributed by atoms with Crippen LogP contribution in [0.25, 0.3) is 44.3 Å². The van der Waals surface area contributed by atoms with Crippen LogP contribution in [0.4, 0.5) is 0 Å². The van der Waals surface area contributed by atoms with Crippen molar-refractivity contribution in [2.45, 2.75) is 0 Å². The average Bonchev–Trinajstić information content (AvgIpc) is 3.03. The summed E-state index contributed by atoms with van der Waals surface area (Å²) in [4.78, 5) is 17.1. The van der Waals surface area contributed by atoms with E-state index in [1.54, 1.807) is 24.8 Å². The summed E-state index contributed by atoms with van der Waals surface area (Å²) in [6.45, 7) is 0. The van der Waals surface area contributed by atoms with Gasteiger partial charge in [0, 0.05) is 35.6 Å². The zero-order valence-corrected chi connectivity index (χ0v) is 24.5. The van der Waals surface area contributed by atoms with Crippen LogP contribution in [-0.2, 0) is 20.1 Å². The summed E-state index contributed by atoms with van der Waals surface area (Å²) in [5, 5.41) is 2.28. The van der Waals surface area contributed by atoms with Gasteiger partial charge in [0.05, 0.1) is 11.0 Å². The summed E-state index contributed by atoms with van der Waals surface area (Å²) in [6, 6.07) is 45.8. The van der Waals surface area contributed by atoms with Crippen molar-refractivity contribution in [2.75, 3.05) is 0 Å². The molecule has 0 fully saturated rings. The third-order valence-electron chi connectivity index (χ3n) is 5.64. The molecule has 6 heteroatoms. The van der Waals surface area contributed by atoms with E-state index >= 15 is 0 Å². The van der Waals surface area contributed by atoms with Gasteiger partial charge in [-0.15, -0.1) is 71.8 Å². The molecule has 0 aliphatic carbocycles. The maximum Gasteiger partial charge on any atom is 3.00 e. The molecule has 0 aliphatic heterocycles. The summed E-state index contributed by atoms with van der Waals surface area (Å²) < 4.78 is 0. The van der Waals surface area contributed by atoms with Gasteiger partial charge in [-0.05, 0) is 35.7 Å². The first-order valence-corrected chi connectivity index (χ1v) is 12.2. The van der Waals surface area contributed by atoms with Crippen LogP contribution in [0.5, 0.6) is 0 Å². The van der Waals surface area contributed by atoms with Crippen molar-refractivity contribution < 1.29 is 32.5 Å². The molecule has 0 bridgehead atoms. The van der Waals surface area contributed by atoms with Crippen LogP contribution in [0.15, 0.2) is 146 Å². The second-order valence-electron chi connectivity index (χ2n) is 8.20. The van der Waals surface area contributed by atoms with Gasteiger partial charge in [0.15, 0.2) is 0 Å². The van der Waals surface area contributed by atoms with Crippen molar-refractivity contribution in [2.24, 2.45) is 0 Å². The minimum absolute atomic E-state index is 0. The first-order chi connectivity index (χ1) is 18.9. The Kier molecular flexibility index (Phi) is 12.1. The largest absolute Gasteiger partial charge is 3.00 e. The van der Waals surface area contributed by atoms with E-state index < -0.39 is 0 Å². The summed E-state index contributed by atoms with van der Waals surface area (Å²) >= 11 is 0. The van der Waals surface area contributed by atoms with Gasteiger partial charge in [0.25, 0.3) is 0 Å². The molecule has 4 aromatic heterocycles. The Bertz CT molecular complexity index is 1500. The van der Waals surface area contributed by atoms with Gasteiger partial charge in [-0.3, -0.25) is 9.97 Å². The third kappa shape index (κ3) is 8.11. The molecule has 7 rings (SSSR count). The normalized spacial score (nSPS) is 9.60. The minimum atomic E-state index is 0. The first kappa shape index (κ1) is 30.3.